The Labute approximate surface area is 122 Å². The van der Waals surface area contributed by atoms with Gasteiger partial charge in [-0.05, 0) is 12.5 Å². The van der Waals surface area contributed by atoms with Crippen LogP contribution < -0.4 is 10.1 Å². The molecule has 0 unspecified atom stereocenters. The molecule has 0 aliphatic carbocycles. The van der Waals surface area contributed by atoms with Gasteiger partial charge in [-0.1, -0.05) is 11.2 Å². The third kappa shape index (κ3) is 3.37. The number of nitrogens with zero attached hydrogens (tertiary/aromatic N) is 3. The summed E-state index contributed by atoms with van der Waals surface area (Å²) < 4.78 is 16.0. The average molecular weight is 290 g/mol. The molecule has 1 N–H and O–H groups in total. The molecule has 0 aromatic carbocycles. The molecule has 2 aromatic rings. The van der Waals surface area contributed by atoms with Crippen molar-refractivity contribution in [1.82, 2.24) is 20.4 Å². The smallest absolute Gasteiger partial charge is 0.252 e. The number of ether oxygens (including phenoxy) is 2. The highest BCUT2D eigenvalue weighted by Crippen LogP contribution is 2.17. The van der Waals surface area contributed by atoms with E-state index in [0.717, 1.165) is 18.7 Å². The highest BCUT2D eigenvalue weighted by molar-refractivity contribution is 5.20. The Morgan fingerprint density at radius 1 is 1.38 bits per heavy atom. The van der Waals surface area contributed by atoms with Crippen LogP contribution in [0.3, 0.4) is 0 Å². The molecule has 0 amide bonds. The maximum absolute atomic E-state index is 5.76. The minimum Gasteiger partial charge on any atom is -0.481 e. The monoisotopic (exact) mass is 290 g/mol. The first kappa shape index (κ1) is 14.0. The van der Waals surface area contributed by atoms with E-state index in [1.165, 1.54) is 0 Å². The fourth-order valence-corrected chi connectivity index (χ4v) is 2.05. The molecule has 21 heavy (non-hydrogen) atoms. The number of nitrogens with one attached hydrogen (secondary N) is 1. The van der Waals surface area contributed by atoms with Gasteiger partial charge in [0.25, 0.3) is 5.89 Å². The van der Waals surface area contributed by atoms with Gasteiger partial charge in [-0.2, -0.15) is 4.98 Å². The van der Waals surface area contributed by atoms with Crippen molar-refractivity contribution < 1.29 is 14.0 Å². The molecule has 1 saturated heterocycles. The molecule has 1 fully saturated rings. The van der Waals surface area contributed by atoms with Crippen molar-refractivity contribution in [3.05, 3.63) is 35.6 Å². The van der Waals surface area contributed by atoms with E-state index in [4.69, 9.17) is 14.0 Å². The molecular weight excluding hydrogens is 272 g/mol. The van der Waals surface area contributed by atoms with Gasteiger partial charge < -0.3 is 19.3 Å². The van der Waals surface area contributed by atoms with Crippen LogP contribution in [-0.4, -0.2) is 40.9 Å². The first-order chi connectivity index (χ1) is 10.2. The highest BCUT2D eigenvalue weighted by Gasteiger charge is 2.32. The van der Waals surface area contributed by atoms with E-state index < -0.39 is 0 Å². The summed E-state index contributed by atoms with van der Waals surface area (Å²) in [4.78, 5) is 8.47. The van der Waals surface area contributed by atoms with Crippen molar-refractivity contribution >= 4 is 0 Å². The molecule has 3 heterocycles. The number of aromatic nitrogens is 3. The second-order valence-electron chi connectivity index (χ2n) is 5.33. The molecule has 1 aliphatic heterocycles. The van der Waals surface area contributed by atoms with Gasteiger partial charge in [-0.3, -0.25) is 0 Å². The van der Waals surface area contributed by atoms with Crippen LogP contribution in [0.15, 0.2) is 22.9 Å². The van der Waals surface area contributed by atoms with Crippen LogP contribution in [-0.2, 0) is 17.8 Å². The summed E-state index contributed by atoms with van der Waals surface area (Å²) in [5.41, 5.74) is 0.883. The third-order valence-electron chi connectivity index (χ3n) is 3.42. The molecule has 0 radical (unpaired) electrons. The fraction of sp³-hybridized carbons (Fsp3) is 0.500. The van der Waals surface area contributed by atoms with Crippen molar-refractivity contribution in [2.75, 3.05) is 20.2 Å². The predicted molar refractivity (Wildman–Crippen MR) is 74.0 cm³/mol. The van der Waals surface area contributed by atoms with E-state index in [1.807, 2.05) is 12.1 Å². The lowest BCUT2D eigenvalue weighted by atomic mass is 10.0. The summed E-state index contributed by atoms with van der Waals surface area (Å²) in [7, 11) is 1.59. The van der Waals surface area contributed by atoms with Crippen LogP contribution in [0.5, 0.6) is 5.88 Å². The molecule has 2 aromatic heterocycles. The second kappa shape index (κ2) is 5.79. The van der Waals surface area contributed by atoms with Gasteiger partial charge in [-0.25, -0.2) is 4.98 Å². The van der Waals surface area contributed by atoms with Crippen molar-refractivity contribution in [3.63, 3.8) is 0 Å². The van der Waals surface area contributed by atoms with E-state index in [2.05, 4.69) is 27.4 Å². The number of hydrogen-bond donors (Lipinski definition) is 1. The first-order valence-corrected chi connectivity index (χ1v) is 6.82. The van der Waals surface area contributed by atoms with Crippen molar-refractivity contribution in [2.45, 2.75) is 25.6 Å². The molecule has 7 heteroatoms. The zero-order chi connectivity index (χ0) is 14.7. The van der Waals surface area contributed by atoms with Gasteiger partial charge in [0.05, 0.1) is 12.7 Å². The second-order valence-corrected chi connectivity index (χ2v) is 5.33. The topological polar surface area (TPSA) is 82.3 Å². The van der Waals surface area contributed by atoms with Crippen LogP contribution in [0.2, 0.25) is 0 Å². The van der Waals surface area contributed by atoms with Crippen LogP contribution in [0.25, 0.3) is 0 Å². The van der Waals surface area contributed by atoms with Crippen molar-refractivity contribution in [3.8, 4) is 5.88 Å². The molecule has 0 spiro atoms. The molecule has 0 atom stereocenters. The Morgan fingerprint density at radius 3 is 2.86 bits per heavy atom. The summed E-state index contributed by atoms with van der Waals surface area (Å²) in [5, 5.41) is 7.13. The van der Waals surface area contributed by atoms with E-state index in [1.54, 1.807) is 13.3 Å². The third-order valence-corrected chi connectivity index (χ3v) is 3.42. The van der Waals surface area contributed by atoms with Crippen LogP contribution >= 0.6 is 0 Å². The summed E-state index contributed by atoms with van der Waals surface area (Å²) in [5.74, 6) is 1.71. The predicted octanol–water partition coefficient (Wildman–Crippen LogP) is 0.942. The van der Waals surface area contributed by atoms with E-state index in [9.17, 15) is 0 Å². The van der Waals surface area contributed by atoms with Gasteiger partial charge in [0, 0.05) is 31.8 Å². The van der Waals surface area contributed by atoms with Gasteiger partial charge in [0.1, 0.15) is 6.61 Å². The van der Waals surface area contributed by atoms with Crippen molar-refractivity contribution in [1.29, 1.82) is 0 Å². The summed E-state index contributed by atoms with van der Waals surface area (Å²) in [6, 6.07) is 3.74. The van der Waals surface area contributed by atoms with Gasteiger partial charge in [0.15, 0.2) is 5.82 Å². The maximum atomic E-state index is 5.76. The molecule has 0 bridgehead atoms. The number of methoxy groups -OCH3 is 1. The Morgan fingerprint density at radius 2 is 2.24 bits per heavy atom. The minimum atomic E-state index is -0.117. The molecule has 7 nitrogen and oxygen atoms in total. The Balaban J connectivity index is 1.56. The molecular formula is C14H18N4O3. The molecule has 112 valence electrons. The van der Waals surface area contributed by atoms with Crippen molar-refractivity contribution in [2.24, 2.45) is 0 Å². The zero-order valence-electron chi connectivity index (χ0n) is 12.1. The Hall–Kier alpha value is -1.99. The van der Waals surface area contributed by atoms with Gasteiger partial charge >= 0.3 is 0 Å². The van der Waals surface area contributed by atoms with Gasteiger partial charge in [-0.15, -0.1) is 0 Å². The standard InChI is InChI=1S/C14H18N4O3/c1-14(8-15-9-14)20-7-13-17-11(18-21-13)5-10-3-4-12(19-2)16-6-10/h3-4,6,15H,5,7-9H2,1-2H3. The number of rotatable bonds is 6. The van der Waals surface area contributed by atoms with E-state index in [0.29, 0.717) is 30.6 Å². The Kier molecular flexibility index (Phi) is 3.85. The lowest BCUT2D eigenvalue weighted by molar-refractivity contribution is -0.0841. The largest absolute Gasteiger partial charge is 0.481 e. The van der Waals surface area contributed by atoms with Gasteiger partial charge in [0.2, 0.25) is 5.88 Å². The molecule has 3 rings (SSSR count). The fourth-order valence-electron chi connectivity index (χ4n) is 2.05. The molecule has 1 aliphatic rings. The lowest BCUT2D eigenvalue weighted by Crippen LogP contribution is -2.58. The normalized spacial score (nSPS) is 16.5. The maximum Gasteiger partial charge on any atom is 0.252 e. The number of pyridine rings is 1. The van der Waals surface area contributed by atoms with Crippen LogP contribution in [0.1, 0.15) is 24.2 Å². The van der Waals surface area contributed by atoms with E-state index in [-0.39, 0.29) is 5.60 Å². The zero-order valence-corrected chi connectivity index (χ0v) is 12.1. The Bertz CT molecular complexity index is 593. The highest BCUT2D eigenvalue weighted by atomic mass is 16.5. The van der Waals surface area contributed by atoms with Crippen LogP contribution in [0, 0.1) is 0 Å². The SMILES string of the molecule is COc1ccc(Cc2noc(COC3(C)CNC3)n2)cn1. The minimum absolute atomic E-state index is 0.117. The van der Waals surface area contributed by atoms with Crippen LogP contribution in [0.4, 0.5) is 0 Å². The summed E-state index contributed by atoms with van der Waals surface area (Å²) in [6.07, 6.45) is 2.31. The number of hydrogen-bond acceptors (Lipinski definition) is 7. The average Bonchev–Trinajstić information content (AvgIpc) is 2.91. The molecule has 0 saturated carbocycles. The lowest BCUT2D eigenvalue weighted by Gasteiger charge is -2.38. The van der Waals surface area contributed by atoms with E-state index >= 15 is 0 Å². The first-order valence-electron chi connectivity index (χ1n) is 6.82. The quantitative estimate of drug-likeness (QED) is 0.847. The summed E-state index contributed by atoms with van der Waals surface area (Å²) in [6.45, 7) is 4.10. The summed E-state index contributed by atoms with van der Waals surface area (Å²) >= 11 is 0.